The summed E-state index contributed by atoms with van der Waals surface area (Å²) in [5, 5.41) is 5.65. The molecule has 32 heavy (non-hydrogen) atoms. The summed E-state index contributed by atoms with van der Waals surface area (Å²) in [6.45, 7) is 13.6. The van der Waals surface area contributed by atoms with Crippen molar-refractivity contribution in [1.29, 1.82) is 0 Å². The lowest BCUT2D eigenvalue weighted by Gasteiger charge is -2.34. The van der Waals surface area contributed by atoms with Gasteiger partial charge < -0.3 is 20.3 Å². The number of carbonyl (C=O) groups is 3. The van der Waals surface area contributed by atoms with E-state index in [2.05, 4.69) is 17.6 Å². The minimum Gasteiger partial charge on any atom is -0.444 e. The number of ether oxygens (including phenoxy) is 1. The van der Waals surface area contributed by atoms with Gasteiger partial charge in [0.05, 0.1) is 0 Å². The van der Waals surface area contributed by atoms with Crippen molar-refractivity contribution < 1.29 is 19.1 Å². The Morgan fingerprint density at radius 2 is 1.84 bits per heavy atom. The summed E-state index contributed by atoms with van der Waals surface area (Å²) in [4.78, 5) is 40.8. The van der Waals surface area contributed by atoms with E-state index in [1.165, 1.54) is 0 Å². The molecule has 1 fully saturated rings. The molecule has 0 spiro atoms. The molecule has 1 aliphatic carbocycles. The van der Waals surface area contributed by atoms with Crippen LogP contribution in [0.25, 0.3) is 0 Å². The summed E-state index contributed by atoms with van der Waals surface area (Å²) < 4.78 is 5.31. The number of aryl methyl sites for hydroxylation is 1. The summed E-state index contributed by atoms with van der Waals surface area (Å²) in [5.74, 6) is -0.466. The molecular formula is C25H39N3O4. The van der Waals surface area contributed by atoms with Gasteiger partial charge in [0.2, 0.25) is 11.8 Å². The highest BCUT2D eigenvalue weighted by Gasteiger charge is 2.43. The molecule has 0 heterocycles. The lowest BCUT2D eigenvalue weighted by atomic mass is 9.95. The zero-order valence-corrected chi connectivity index (χ0v) is 20.6. The highest BCUT2D eigenvalue weighted by atomic mass is 16.6. The fourth-order valence-electron chi connectivity index (χ4n) is 3.61. The lowest BCUT2D eigenvalue weighted by Crippen LogP contribution is -2.53. The molecular weight excluding hydrogens is 406 g/mol. The van der Waals surface area contributed by atoms with Gasteiger partial charge >= 0.3 is 6.09 Å². The van der Waals surface area contributed by atoms with Gasteiger partial charge in [-0.05, 0) is 77.5 Å². The number of benzene rings is 1. The third kappa shape index (κ3) is 6.97. The molecule has 2 N–H and O–H groups in total. The van der Waals surface area contributed by atoms with Crippen LogP contribution in [-0.2, 0) is 14.3 Å². The fourth-order valence-corrected chi connectivity index (χ4v) is 3.61. The molecule has 7 nitrogen and oxygen atoms in total. The van der Waals surface area contributed by atoms with Gasteiger partial charge in [0.15, 0.2) is 0 Å². The van der Waals surface area contributed by atoms with Crippen LogP contribution in [0.4, 0.5) is 4.79 Å². The third-order valence-corrected chi connectivity index (χ3v) is 5.60. The van der Waals surface area contributed by atoms with Gasteiger partial charge in [0.25, 0.3) is 0 Å². The van der Waals surface area contributed by atoms with Crippen LogP contribution in [0.15, 0.2) is 18.2 Å². The summed E-state index contributed by atoms with van der Waals surface area (Å²) in [6, 6.07) is 4.26. The van der Waals surface area contributed by atoms with Crippen LogP contribution < -0.4 is 10.6 Å². The maximum absolute atomic E-state index is 13.5. The average Bonchev–Trinajstić information content (AvgIpc) is 3.51. The van der Waals surface area contributed by atoms with E-state index in [9.17, 15) is 14.4 Å². The predicted octanol–water partition coefficient (Wildman–Crippen LogP) is 4.17. The second kappa shape index (κ2) is 10.8. The topological polar surface area (TPSA) is 87.7 Å². The molecule has 2 rings (SSSR count). The highest BCUT2D eigenvalue weighted by Crippen LogP contribution is 2.37. The van der Waals surface area contributed by atoms with E-state index < -0.39 is 23.8 Å². The number of hydrogen-bond acceptors (Lipinski definition) is 4. The molecule has 178 valence electrons. The molecule has 1 aromatic rings. The fraction of sp³-hybridized carbons (Fsp3) is 0.640. The van der Waals surface area contributed by atoms with E-state index in [4.69, 9.17) is 4.74 Å². The van der Waals surface area contributed by atoms with Gasteiger partial charge in [-0.3, -0.25) is 9.59 Å². The Labute approximate surface area is 192 Å². The van der Waals surface area contributed by atoms with Gasteiger partial charge in [0, 0.05) is 12.6 Å². The summed E-state index contributed by atoms with van der Waals surface area (Å²) in [6.07, 6.45) is 2.88. The first-order chi connectivity index (χ1) is 15.0. The minimum atomic E-state index is -0.818. The normalized spacial score (nSPS) is 15.5. The molecule has 0 saturated heterocycles. The van der Waals surface area contributed by atoms with Crippen LogP contribution in [0.5, 0.6) is 0 Å². The van der Waals surface area contributed by atoms with Crippen molar-refractivity contribution in [2.24, 2.45) is 0 Å². The van der Waals surface area contributed by atoms with Crippen molar-refractivity contribution >= 4 is 17.9 Å². The highest BCUT2D eigenvalue weighted by molar-refractivity contribution is 5.92. The number of alkyl carbamates (subject to hydrolysis) is 1. The number of amides is 3. The van der Waals surface area contributed by atoms with Crippen LogP contribution in [0.3, 0.4) is 0 Å². The molecule has 7 heteroatoms. The third-order valence-electron chi connectivity index (χ3n) is 5.60. The van der Waals surface area contributed by atoms with Crippen molar-refractivity contribution in [2.75, 3.05) is 6.54 Å². The first kappa shape index (κ1) is 25.7. The number of nitrogens with zero attached hydrogens (tertiary/aromatic N) is 1. The molecule has 0 radical (unpaired) electrons. The van der Waals surface area contributed by atoms with E-state index in [-0.39, 0.29) is 17.9 Å². The van der Waals surface area contributed by atoms with Crippen LogP contribution in [0, 0.1) is 13.8 Å². The van der Waals surface area contributed by atoms with E-state index in [1.54, 1.807) is 32.6 Å². The molecule has 1 saturated carbocycles. The summed E-state index contributed by atoms with van der Waals surface area (Å²) in [5.41, 5.74) is 2.22. The number of carbonyl (C=O) groups excluding carboxylic acids is 3. The number of hydrogen-bond donors (Lipinski definition) is 2. The molecule has 0 aromatic heterocycles. The SMILES string of the molecule is CCCCNC(=O)C(c1cccc(C)c1C)N(C(=O)C(C)NC(=O)OC(C)(C)C)C1CC1. The van der Waals surface area contributed by atoms with Crippen LogP contribution in [0.1, 0.15) is 83.0 Å². The summed E-state index contributed by atoms with van der Waals surface area (Å²) in [7, 11) is 0. The second-order valence-corrected chi connectivity index (χ2v) is 9.68. The maximum Gasteiger partial charge on any atom is 0.408 e. The molecule has 3 amide bonds. The molecule has 1 aliphatic rings. The van der Waals surface area contributed by atoms with Crippen molar-refractivity contribution in [3.8, 4) is 0 Å². The van der Waals surface area contributed by atoms with Gasteiger partial charge in [-0.1, -0.05) is 31.5 Å². The van der Waals surface area contributed by atoms with Gasteiger partial charge in [0.1, 0.15) is 17.7 Å². The zero-order valence-electron chi connectivity index (χ0n) is 20.6. The standard InChI is InChI=1S/C25H39N3O4/c1-8-9-15-26-22(29)21(20-12-10-11-16(2)17(20)3)28(19-13-14-19)23(30)18(4)27-24(31)32-25(5,6)7/h10-12,18-19,21H,8-9,13-15H2,1-7H3,(H,26,29)(H,27,31). The first-order valence-corrected chi connectivity index (χ1v) is 11.6. The van der Waals surface area contributed by atoms with Gasteiger partial charge in [-0.25, -0.2) is 4.79 Å². The van der Waals surface area contributed by atoms with Gasteiger partial charge in [-0.15, -0.1) is 0 Å². The molecule has 2 atom stereocenters. The molecule has 1 aromatic carbocycles. The van der Waals surface area contributed by atoms with Gasteiger partial charge in [-0.2, -0.15) is 0 Å². The monoisotopic (exact) mass is 445 g/mol. The maximum atomic E-state index is 13.5. The van der Waals surface area contributed by atoms with E-state index in [1.807, 2.05) is 32.0 Å². The quantitative estimate of drug-likeness (QED) is 0.559. The molecule has 0 bridgehead atoms. The zero-order chi connectivity index (χ0) is 24.1. The van der Waals surface area contributed by atoms with E-state index in [0.717, 1.165) is 42.4 Å². The molecule has 0 aliphatic heterocycles. The lowest BCUT2D eigenvalue weighted by molar-refractivity contribution is -0.142. The Bertz CT molecular complexity index is 827. The Morgan fingerprint density at radius 3 is 2.41 bits per heavy atom. The first-order valence-electron chi connectivity index (χ1n) is 11.6. The Kier molecular flexibility index (Phi) is 8.70. The number of unbranched alkanes of at least 4 members (excludes halogenated alkanes) is 1. The summed E-state index contributed by atoms with van der Waals surface area (Å²) >= 11 is 0. The second-order valence-electron chi connectivity index (χ2n) is 9.68. The van der Waals surface area contributed by atoms with Crippen molar-refractivity contribution in [3.63, 3.8) is 0 Å². The van der Waals surface area contributed by atoms with Crippen LogP contribution >= 0.6 is 0 Å². The minimum absolute atomic E-state index is 0.0211. The number of nitrogens with one attached hydrogen (secondary N) is 2. The van der Waals surface area contributed by atoms with Crippen molar-refractivity contribution in [2.45, 2.75) is 97.9 Å². The van der Waals surface area contributed by atoms with Crippen LogP contribution in [-0.4, -0.2) is 47.0 Å². The van der Waals surface area contributed by atoms with Crippen molar-refractivity contribution in [3.05, 3.63) is 34.9 Å². The number of rotatable bonds is 9. The Hall–Kier alpha value is -2.57. The van der Waals surface area contributed by atoms with E-state index >= 15 is 0 Å². The smallest absolute Gasteiger partial charge is 0.408 e. The average molecular weight is 446 g/mol. The Balaban J connectivity index is 2.34. The van der Waals surface area contributed by atoms with Crippen molar-refractivity contribution in [1.82, 2.24) is 15.5 Å². The van der Waals surface area contributed by atoms with E-state index in [0.29, 0.717) is 6.54 Å². The van der Waals surface area contributed by atoms with Crippen LogP contribution in [0.2, 0.25) is 0 Å². The Morgan fingerprint density at radius 1 is 1.19 bits per heavy atom. The predicted molar refractivity (Wildman–Crippen MR) is 125 cm³/mol. The molecule has 2 unspecified atom stereocenters. The largest absolute Gasteiger partial charge is 0.444 e.